The molecule has 0 aromatic heterocycles. The third-order valence-corrected chi connectivity index (χ3v) is 10.8. The van der Waals surface area contributed by atoms with Crippen LogP contribution in [0.3, 0.4) is 0 Å². The van der Waals surface area contributed by atoms with Crippen LogP contribution in [0.2, 0.25) is 38.8 Å². The van der Waals surface area contributed by atoms with Crippen molar-refractivity contribution in [1.29, 1.82) is 5.26 Å². The van der Waals surface area contributed by atoms with Crippen LogP contribution in [0.4, 0.5) is 0 Å². The Kier molecular flexibility index (Phi) is 7.61. The molecule has 0 fully saturated rings. The van der Waals surface area contributed by atoms with E-state index >= 15 is 0 Å². The monoisotopic (exact) mass is 395 g/mol. The third kappa shape index (κ3) is 7.84. The second kappa shape index (κ2) is 9.50. The van der Waals surface area contributed by atoms with Crippen molar-refractivity contribution in [1.82, 2.24) is 0 Å². The zero-order chi connectivity index (χ0) is 19.9. The Hall–Kier alpha value is -1.68. The van der Waals surface area contributed by atoms with E-state index < -0.39 is 16.6 Å². The maximum atomic E-state index is 8.90. The van der Waals surface area contributed by atoms with Crippen LogP contribution in [0, 0.1) is 11.3 Å². The number of benzene rings is 2. The summed E-state index contributed by atoms with van der Waals surface area (Å²) >= 11 is 0. The van der Waals surface area contributed by atoms with Gasteiger partial charge in [0.2, 0.25) is 0 Å². The molecule has 27 heavy (non-hydrogen) atoms. The first kappa shape index (κ1) is 21.6. The van der Waals surface area contributed by atoms with E-state index in [9.17, 15) is 0 Å². The molecule has 0 heterocycles. The molecule has 0 amide bonds. The first-order valence-corrected chi connectivity index (χ1v) is 16.5. The van der Waals surface area contributed by atoms with Crippen LogP contribution >= 0.6 is 0 Å². The Morgan fingerprint density at radius 1 is 0.778 bits per heavy atom. The van der Waals surface area contributed by atoms with Crippen LogP contribution in [0.5, 0.6) is 0 Å². The SMILES string of the molecule is C[Si](C)(C)O[Si](C)(C)CCCCCc1ccc(-c2ccc(C#N)cc2)cc1. The normalized spacial score (nSPS) is 12.0. The molecule has 0 atom stereocenters. The standard InChI is InChI=1S/C23H33NOSi2/c1-26(2,3)25-27(4,5)18-8-6-7-9-20-10-14-22(15-11-20)23-16-12-21(19-24)13-17-23/h10-17H,6-9,18H2,1-5H3. The van der Waals surface area contributed by atoms with Gasteiger partial charge >= 0.3 is 0 Å². The van der Waals surface area contributed by atoms with E-state index in [2.05, 4.69) is 63.1 Å². The summed E-state index contributed by atoms with van der Waals surface area (Å²) in [6, 6.07) is 20.1. The number of rotatable bonds is 9. The fourth-order valence-electron chi connectivity index (χ4n) is 3.54. The first-order chi connectivity index (χ1) is 12.7. The summed E-state index contributed by atoms with van der Waals surface area (Å²) in [7, 11) is -2.89. The molecule has 2 rings (SSSR count). The van der Waals surface area contributed by atoms with Gasteiger partial charge in [0.1, 0.15) is 0 Å². The number of nitriles is 1. The molecule has 0 bridgehead atoms. The molecule has 2 aromatic carbocycles. The van der Waals surface area contributed by atoms with Crippen LogP contribution in [0.15, 0.2) is 48.5 Å². The van der Waals surface area contributed by atoms with Gasteiger partial charge in [0.05, 0.1) is 11.6 Å². The summed E-state index contributed by atoms with van der Waals surface area (Å²) < 4.78 is 6.42. The van der Waals surface area contributed by atoms with Gasteiger partial charge in [-0.1, -0.05) is 49.2 Å². The Balaban J connectivity index is 1.76. The van der Waals surface area contributed by atoms with Crippen molar-refractivity contribution in [2.24, 2.45) is 0 Å². The second-order valence-corrected chi connectivity index (χ2v) is 18.0. The fourth-order valence-corrected chi connectivity index (χ4v) is 11.7. The highest BCUT2D eigenvalue weighted by molar-refractivity contribution is 6.84. The third-order valence-electron chi connectivity index (χ3n) is 4.63. The van der Waals surface area contributed by atoms with Gasteiger partial charge in [-0.15, -0.1) is 0 Å². The van der Waals surface area contributed by atoms with Gasteiger partial charge in [-0.25, -0.2) is 0 Å². The average Bonchev–Trinajstić information content (AvgIpc) is 2.60. The fraction of sp³-hybridized carbons (Fsp3) is 0.435. The molecule has 0 saturated heterocycles. The summed E-state index contributed by atoms with van der Waals surface area (Å²) in [5.41, 5.74) is 4.48. The maximum absolute atomic E-state index is 8.90. The van der Waals surface area contributed by atoms with Gasteiger partial charge in [-0.2, -0.15) is 5.26 Å². The summed E-state index contributed by atoms with van der Waals surface area (Å²) in [6.45, 7) is 11.6. The molecule has 0 aliphatic carbocycles. The number of nitrogens with zero attached hydrogens (tertiary/aromatic N) is 1. The zero-order valence-electron chi connectivity index (χ0n) is 17.5. The number of unbranched alkanes of at least 4 members (excludes halogenated alkanes) is 2. The van der Waals surface area contributed by atoms with Crippen molar-refractivity contribution in [3.63, 3.8) is 0 Å². The second-order valence-electron chi connectivity index (χ2n) is 8.92. The van der Waals surface area contributed by atoms with Crippen molar-refractivity contribution in [3.8, 4) is 17.2 Å². The van der Waals surface area contributed by atoms with Gasteiger partial charge in [-0.05, 0) is 80.4 Å². The first-order valence-electron chi connectivity index (χ1n) is 9.98. The molecule has 0 unspecified atom stereocenters. The minimum absolute atomic E-state index is 0.705. The Labute approximate surface area is 167 Å². The molecule has 0 radical (unpaired) electrons. The molecule has 2 nitrogen and oxygen atoms in total. The van der Waals surface area contributed by atoms with E-state index in [1.54, 1.807) is 0 Å². The van der Waals surface area contributed by atoms with Crippen molar-refractivity contribution in [3.05, 3.63) is 59.7 Å². The predicted octanol–water partition coefficient (Wildman–Crippen LogP) is 6.99. The minimum atomic E-state index is -1.48. The topological polar surface area (TPSA) is 33.0 Å². The van der Waals surface area contributed by atoms with Gasteiger partial charge < -0.3 is 4.12 Å². The molecule has 4 heteroatoms. The highest BCUT2D eigenvalue weighted by atomic mass is 28.4. The van der Waals surface area contributed by atoms with Gasteiger partial charge in [-0.3, -0.25) is 0 Å². The van der Waals surface area contributed by atoms with Gasteiger partial charge in [0.15, 0.2) is 16.6 Å². The highest BCUT2D eigenvalue weighted by Crippen LogP contribution is 2.23. The van der Waals surface area contributed by atoms with Gasteiger partial charge in [0, 0.05) is 0 Å². The molecular weight excluding hydrogens is 362 g/mol. The molecule has 2 aromatic rings. The lowest BCUT2D eigenvalue weighted by Crippen LogP contribution is -2.42. The molecule has 0 N–H and O–H groups in total. The van der Waals surface area contributed by atoms with E-state index in [1.165, 1.54) is 36.4 Å². The summed E-state index contributed by atoms with van der Waals surface area (Å²) in [5.74, 6) is 0. The quantitative estimate of drug-likeness (QED) is 0.338. The lowest BCUT2D eigenvalue weighted by Gasteiger charge is -2.31. The van der Waals surface area contributed by atoms with E-state index in [1.807, 2.05) is 24.3 Å². The van der Waals surface area contributed by atoms with Crippen molar-refractivity contribution in [2.45, 2.75) is 64.5 Å². The van der Waals surface area contributed by atoms with E-state index in [-0.39, 0.29) is 0 Å². The predicted molar refractivity (Wildman–Crippen MR) is 121 cm³/mol. The van der Waals surface area contributed by atoms with Crippen molar-refractivity contribution < 1.29 is 4.12 Å². The summed E-state index contributed by atoms with van der Waals surface area (Å²) in [5, 5.41) is 8.90. The lowest BCUT2D eigenvalue weighted by atomic mass is 10.0. The summed E-state index contributed by atoms with van der Waals surface area (Å²) in [4.78, 5) is 0. The van der Waals surface area contributed by atoms with Crippen LogP contribution in [0.25, 0.3) is 11.1 Å². The van der Waals surface area contributed by atoms with Gasteiger partial charge in [0.25, 0.3) is 0 Å². The molecule has 0 spiro atoms. The molecule has 0 aliphatic heterocycles. The van der Waals surface area contributed by atoms with Crippen LogP contribution in [-0.2, 0) is 10.5 Å². The molecule has 0 aliphatic rings. The van der Waals surface area contributed by atoms with E-state index in [0.717, 1.165) is 12.0 Å². The van der Waals surface area contributed by atoms with Crippen molar-refractivity contribution >= 4 is 16.6 Å². The summed E-state index contributed by atoms with van der Waals surface area (Å²) in [6.07, 6.45) is 4.95. The minimum Gasteiger partial charge on any atom is -0.456 e. The maximum Gasteiger partial charge on any atom is 0.173 e. The van der Waals surface area contributed by atoms with Crippen LogP contribution in [0.1, 0.15) is 30.4 Å². The largest absolute Gasteiger partial charge is 0.456 e. The smallest absolute Gasteiger partial charge is 0.173 e. The Morgan fingerprint density at radius 2 is 1.33 bits per heavy atom. The Bertz CT molecular complexity index is 753. The number of aryl methyl sites for hydroxylation is 1. The van der Waals surface area contributed by atoms with Crippen LogP contribution in [-0.4, -0.2) is 16.6 Å². The highest BCUT2D eigenvalue weighted by Gasteiger charge is 2.28. The number of hydrogen-bond acceptors (Lipinski definition) is 2. The van der Waals surface area contributed by atoms with Crippen LogP contribution < -0.4 is 0 Å². The zero-order valence-corrected chi connectivity index (χ0v) is 19.5. The van der Waals surface area contributed by atoms with E-state index in [4.69, 9.17) is 9.38 Å². The van der Waals surface area contributed by atoms with Crippen molar-refractivity contribution in [2.75, 3.05) is 0 Å². The molecular formula is C23H33NOSi2. The average molecular weight is 396 g/mol. The number of hydrogen-bond donors (Lipinski definition) is 0. The Morgan fingerprint density at radius 3 is 1.85 bits per heavy atom. The lowest BCUT2D eigenvalue weighted by molar-refractivity contribution is 0.539. The molecule has 0 saturated carbocycles. The van der Waals surface area contributed by atoms with E-state index in [0.29, 0.717) is 5.56 Å². The molecule has 144 valence electrons.